The molecular formula is C20H21BrN2O3. The molecule has 0 saturated carbocycles. The lowest BCUT2D eigenvalue weighted by Gasteiger charge is -2.23. The second kappa shape index (κ2) is 8.36. The summed E-state index contributed by atoms with van der Waals surface area (Å²) in [6, 6.07) is 14.6. The van der Waals surface area contributed by atoms with E-state index in [9.17, 15) is 9.59 Å². The lowest BCUT2D eigenvalue weighted by atomic mass is 10.1. The molecule has 1 aliphatic rings. The molecule has 0 unspecified atom stereocenters. The van der Waals surface area contributed by atoms with Crippen LogP contribution in [0.3, 0.4) is 0 Å². The van der Waals surface area contributed by atoms with Crippen LogP contribution in [-0.4, -0.2) is 54.9 Å². The summed E-state index contributed by atoms with van der Waals surface area (Å²) in [5.41, 5.74) is 1.22. The summed E-state index contributed by atoms with van der Waals surface area (Å²) >= 11 is 3.38. The number of amides is 2. The predicted octanol–water partition coefficient (Wildman–Crippen LogP) is 3.45. The number of rotatable bonds is 3. The third-order valence-corrected chi connectivity index (χ3v) is 5.03. The second-order valence-corrected chi connectivity index (χ2v) is 7.06. The molecule has 0 bridgehead atoms. The number of hydrogen-bond acceptors (Lipinski definition) is 3. The van der Waals surface area contributed by atoms with E-state index in [-0.39, 0.29) is 11.8 Å². The van der Waals surface area contributed by atoms with Crippen molar-refractivity contribution in [3.05, 3.63) is 64.1 Å². The number of halogens is 1. The Kier molecular flexibility index (Phi) is 5.93. The molecule has 0 aliphatic carbocycles. The van der Waals surface area contributed by atoms with Crippen LogP contribution in [0.5, 0.6) is 5.75 Å². The maximum absolute atomic E-state index is 12.9. The fourth-order valence-corrected chi connectivity index (χ4v) is 3.35. The Morgan fingerprint density at radius 3 is 2.15 bits per heavy atom. The van der Waals surface area contributed by atoms with Crippen LogP contribution in [0.1, 0.15) is 27.1 Å². The predicted molar refractivity (Wildman–Crippen MR) is 104 cm³/mol. The summed E-state index contributed by atoms with van der Waals surface area (Å²) < 4.78 is 6.24. The highest BCUT2D eigenvalue weighted by Gasteiger charge is 2.24. The summed E-state index contributed by atoms with van der Waals surface area (Å²) in [7, 11) is 1.56. The molecule has 3 rings (SSSR count). The molecule has 0 aromatic heterocycles. The number of para-hydroxylation sites is 1. The van der Waals surface area contributed by atoms with Crippen molar-refractivity contribution in [2.24, 2.45) is 0 Å². The van der Waals surface area contributed by atoms with Gasteiger partial charge in [0.1, 0.15) is 5.75 Å². The molecule has 5 nitrogen and oxygen atoms in total. The molecule has 0 radical (unpaired) electrons. The van der Waals surface area contributed by atoms with E-state index >= 15 is 0 Å². The van der Waals surface area contributed by atoms with Crippen molar-refractivity contribution in [3.63, 3.8) is 0 Å². The smallest absolute Gasteiger partial charge is 0.257 e. The minimum absolute atomic E-state index is 0.00379. The number of carbonyl (C=O) groups excluding carboxylic acids is 2. The van der Waals surface area contributed by atoms with E-state index in [1.807, 2.05) is 41.3 Å². The monoisotopic (exact) mass is 416 g/mol. The first-order valence-electron chi connectivity index (χ1n) is 8.57. The van der Waals surface area contributed by atoms with Gasteiger partial charge in [0.2, 0.25) is 0 Å². The van der Waals surface area contributed by atoms with Crippen molar-refractivity contribution in [2.75, 3.05) is 33.3 Å². The first kappa shape index (κ1) is 18.5. The van der Waals surface area contributed by atoms with Crippen molar-refractivity contribution in [3.8, 4) is 5.75 Å². The Hall–Kier alpha value is -2.34. The molecule has 2 amide bonds. The van der Waals surface area contributed by atoms with Gasteiger partial charge in [0.15, 0.2) is 0 Å². The Morgan fingerprint density at radius 2 is 1.50 bits per heavy atom. The number of carbonyl (C=O) groups is 2. The summed E-state index contributed by atoms with van der Waals surface area (Å²) in [4.78, 5) is 29.2. The van der Waals surface area contributed by atoms with Gasteiger partial charge in [0, 0.05) is 36.2 Å². The molecule has 1 saturated heterocycles. The van der Waals surface area contributed by atoms with Crippen molar-refractivity contribution in [1.82, 2.24) is 9.80 Å². The first-order chi connectivity index (χ1) is 12.6. The van der Waals surface area contributed by atoms with E-state index in [0.29, 0.717) is 43.1 Å². The maximum atomic E-state index is 12.9. The van der Waals surface area contributed by atoms with Crippen LogP contribution >= 0.6 is 15.9 Å². The minimum atomic E-state index is -0.0552. The minimum Gasteiger partial charge on any atom is -0.496 e. The van der Waals surface area contributed by atoms with Gasteiger partial charge >= 0.3 is 0 Å². The normalized spacial score (nSPS) is 14.7. The zero-order valence-corrected chi connectivity index (χ0v) is 16.2. The molecule has 0 spiro atoms. The summed E-state index contributed by atoms with van der Waals surface area (Å²) in [5.74, 6) is 0.522. The van der Waals surface area contributed by atoms with Gasteiger partial charge < -0.3 is 14.5 Å². The van der Waals surface area contributed by atoms with E-state index in [2.05, 4.69) is 15.9 Å². The molecule has 2 aromatic carbocycles. The molecule has 26 heavy (non-hydrogen) atoms. The quantitative estimate of drug-likeness (QED) is 0.769. The van der Waals surface area contributed by atoms with Crippen molar-refractivity contribution >= 4 is 27.7 Å². The van der Waals surface area contributed by atoms with Gasteiger partial charge in [0.05, 0.1) is 12.7 Å². The number of methoxy groups -OCH3 is 1. The van der Waals surface area contributed by atoms with Crippen LogP contribution in [0.2, 0.25) is 0 Å². The number of nitrogens with zero attached hydrogens (tertiary/aromatic N) is 2. The fourth-order valence-electron chi connectivity index (χ4n) is 3.09. The first-order valence-corrected chi connectivity index (χ1v) is 9.36. The maximum Gasteiger partial charge on any atom is 0.257 e. The fraction of sp³-hybridized carbons (Fsp3) is 0.300. The van der Waals surface area contributed by atoms with E-state index in [4.69, 9.17) is 4.74 Å². The molecule has 0 atom stereocenters. The molecule has 2 aromatic rings. The third-order valence-electron chi connectivity index (χ3n) is 4.50. The van der Waals surface area contributed by atoms with Gasteiger partial charge in [-0.3, -0.25) is 9.59 Å². The van der Waals surface area contributed by atoms with E-state index < -0.39 is 0 Å². The molecule has 6 heteroatoms. The highest BCUT2D eigenvalue weighted by Crippen LogP contribution is 2.20. The molecule has 0 N–H and O–H groups in total. The Morgan fingerprint density at radius 1 is 0.885 bits per heavy atom. The van der Waals surface area contributed by atoms with Crippen molar-refractivity contribution in [1.29, 1.82) is 0 Å². The molecule has 1 aliphatic heterocycles. The van der Waals surface area contributed by atoms with Crippen LogP contribution in [0.15, 0.2) is 53.0 Å². The van der Waals surface area contributed by atoms with Crippen LogP contribution in [0.4, 0.5) is 0 Å². The van der Waals surface area contributed by atoms with Crippen molar-refractivity contribution in [2.45, 2.75) is 6.42 Å². The van der Waals surface area contributed by atoms with Crippen LogP contribution in [0.25, 0.3) is 0 Å². The summed E-state index contributed by atoms with van der Waals surface area (Å²) in [6.45, 7) is 2.31. The topological polar surface area (TPSA) is 49.9 Å². The van der Waals surface area contributed by atoms with Crippen LogP contribution < -0.4 is 4.74 Å². The molecule has 136 valence electrons. The Bertz CT molecular complexity index is 792. The molecule has 1 heterocycles. The Labute approximate surface area is 161 Å². The van der Waals surface area contributed by atoms with Gasteiger partial charge in [-0.1, -0.05) is 28.1 Å². The van der Waals surface area contributed by atoms with E-state index in [1.165, 1.54) is 0 Å². The van der Waals surface area contributed by atoms with E-state index in [0.717, 1.165) is 10.9 Å². The van der Waals surface area contributed by atoms with Gasteiger partial charge in [-0.25, -0.2) is 0 Å². The number of benzene rings is 2. The van der Waals surface area contributed by atoms with Crippen molar-refractivity contribution < 1.29 is 14.3 Å². The third kappa shape index (κ3) is 4.07. The standard InChI is InChI=1S/C20H21BrN2O3/c1-26-18-6-3-2-5-17(18)20(25)23-12-4-11-22(13-14-23)19(24)15-7-9-16(21)10-8-15/h2-3,5-10H,4,11-14H2,1H3. The van der Waals surface area contributed by atoms with Gasteiger partial charge in [0.25, 0.3) is 11.8 Å². The molecular weight excluding hydrogens is 396 g/mol. The lowest BCUT2D eigenvalue weighted by molar-refractivity contribution is 0.0717. The average molecular weight is 417 g/mol. The van der Waals surface area contributed by atoms with Crippen LogP contribution in [0, 0.1) is 0 Å². The largest absolute Gasteiger partial charge is 0.496 e. The number of ether oxygens (including phenoxy) is 1. The zero-order valence-electron chi connectivity index (χ0n) is 14.7. The second-order valence-electron chi connectivity index (χ2n) is 6.15. The SMILES string of the molecule is COc1ccccc1C(=O)N1CCCN(C(=O)c2ccc(Br)cc2)CC1. The van der Waals surface area contributed by atoms with Gasteiger partial charge in [-0.05, 0) is 42.8 Å². The molecule has 1 fully saturated rings. The zero-order chi connectivity index (χ0) is 18.5. The van der Waals surface area contributed by atoms with E-state index in [1.54, 1.807) is 24.1 Å². The lowest BCUT2D eigenvalue weighted by Crippen LogP contribution is -2.37. The highest BCUT2D eigenvalue weighted by atomic mass is 79.9. The number of hydrogen-bond donors (Lipinski definition) is 0. The van der Waals surface area contributed by atoms with Crippen LogP contribution in [-0.2, 0) is 0 Å². The highest BCUT2D eigenvalue weighted by molar-refractivity contribution is 9.10. The van der Waals surface area contributed by atoms with Gasteiger partial charge in [-0.2, -0.15) is 0 Å². The average Bonchev–Trinajstić information content (AvgIpc) is 2.93. The summed E-state index contributed by atoms with van der Waals surface area (Å²) in [6.07, 6.45) is 0.753. The Balaban J connectivity index is 1.69. The van der Waals surface area contributed by atoms with Gasteiger partial charge in [-0.15, -0.1) is 0 Å². The summed E-state index contributed by atoms with van der Waals surface area (Å²) in [5, 5.41) is 0.